The lowest BCUT2D eigenvalue weighted by Gasteiger charge is -2.43. The molecule has 2 atom stereocenters. The summed E-state index contributed by atoms with van der Waals surface area (Å²) in [4.78, 5) is 21.5. The lowest BCUT2D eigenvalue weighted by Crippen LogP contribution is -2.53. The van der Waals surface area contributed by atoms with Gasteiger partial charge in [0.05, 0.1) is 11.5 Å². The molecule has 132 valence electrons. The van der Waals surface area contributed by atoms with E-state index in [0.29, 0.717) is 24.0 Å². The summed E-state index contributed by atoms with van der Waals surface area (Å²) in [7, 11) is 0. The van der Waals surface area contributed by atoms with Crippen molar-refractivity contribution >= 4 is 17.2 Å². The highest BCUT2D eigenvalue weighted by molar-refractivity contribution is 7.10. The van der Waals surface area contributed by atoms with Crippen LogP contribution in [0.3, 0.4) is 0 Å². The Bertz CT molecular complexity index is 722. The molecule has 2 aliphatic heterocycles. The van der Waals surface area contributed by atoms with E-state index in [2.05, 4.69) is 32.5 Å². The number of amides is 1. The third-order valence-electron chi connectivity index (χ3n) is 6.61. The van der Waals surface area contributed by atoms with Crippen LogP contribution in [0.2, 0.25) is 0 Å². The minimum absolute atomic E-state index is 0.241. The highest BCUT2D eigenvalue weighted by Crippen LogP contribution is 2.49. The van der Waals surface area contributed by atoms with Gasteiger partial charge in [-0.25, -0.2) is 9.67 Å². The van der Waals surface area contributed by atoms with Gasteiger partial charge in [-0.2, -0.15) is 5.10 Å². The standard InChI is InChI=1S/C19H24N4OS/c24-18(19(7-1-2-8-19)17-4-3-9-25-17)23-14-5-6-15(23)11-16(10-14)22-13-20-12-21-22/h3-4,9,12-16H,1-2,5-8,10-11H2. The first kappa shape index (κ1) is 15.6. The molecule has 1 aliphatic carbocycles. The number of hydrogen-bond acceptors (Lipinski definition) is 4. The molecule has 1 amide bonds. The van der Waals surface area contributed by atoms with Crippen molar-refractivity contribution in [2.75, 3.05) is 0 Å². The molecule has 25 heavy (non-hydrogen) atoms. The summed E-state index contributed by atoms with van der Waals surface area (Å²) >= 11 is 1.76. The maximum atomic E-state index is 13.8. The summed E-state index contributed by atoms with van der Waals surface area (Å²) in [6.07, 6.45) is 12.2. The van der Waals surface area contributed by atoms with Gasteiger partial charge >= 0.3 is 0 Å². The smallest absolute Gasteiger partial charge is 0.234 e. The van der Waals surface area contributed by atoms with Crippen LogP contribution in [-0.4, -0.2) is 37.7 Å². The van der Waals surface area contributed by atoms with Crippen molar-refractivity contribution in [2.45, 2.75) is 74.9 Å². The Kier molecular flexibility index (Phi) is 3.69. The SMILES string of the molecule is O=C(N1C2CCC1CC(n1cncn1)C2)C1(c2cccs2)CCCC1. The van der Waals surface area contributed by atoms with Crippen LogP contribution >= 0.6 is 11.3 Å². The van der Waals surface area contributed by atoms with Gasteiger partial charge in [0.2, 0.25) is 5.91 Å². The topological polar surface area (TPSA) is 51.0 Å². The van der Waals surface area contributed by atoms with E-state index < -0.39 is 0 Å². The summed E-state index contributed by atoms with van der Waals surface area (Å²) in [6, 6.07) is 5.41. The molecule has 0 spiro atoms. The van der Waals surface area contributed by atoms with Crippen molar-refractivity contribution in [3.8, 4) is 0 Å². The second-order valence-corrected chi connectivity index (χ2v) is 8.81. The predicted octanol–water partition coefficient (Wildman–Crippen LogP) is 3.55. The Morgan fingerprint density at radius 1 is 1.16 bits per heavy atom. The molecule has 0 N–H and O–H groups in total. The van der Waals surface area contributed by atoms with Gasteiger partial charge in [-0.05, 0) is 50.0 Å². The van der Waals surface area contributed by atoms with Crippen molar-refractivity contribution in [3.63, 3.8) is 0 Å². The van der Waals surface area contributed by atoms with Crippen molar-refractivity contribution in [1.29, 1.82) is 0 Å². The van der Waals surface area contributed by atoms with E-state index in [9.17, 15) is 4.79 Å². The molecule has 0 radical (unpaired) electrons. The summed E-state index contributed by atoms with van der Waals surface area (Å²) in [5, 5.41) is 6.46. The lowest BCUT2D eigenvalue weighted by atomic mass is 9.81. The van der Waals surface area contributed by atoms with Crippen LogP contribution in [0.1, 0.15) is 62.3 Å². The first-order valence-electron chi connectivity index (χ1n) is 9.49. The zero-order chi connectivity index (χ0) is 16.9. The number of hydrogen-bond donors (Lipinski definition) is 0. The zero-order valence-electron chi connectivity index (χ0n) is 14.4. The molecule has 2 bridgehead atoms. The maximum absolute atomic E-state index is 13.8. The van der Waals surface area contributed by atoms with E-state index in [1.54, 1.807) is 17.7 Å². The van der Waals surface area contributed by atoms with Gasteiger partial charge in [-0.3, -0.25) is 4.79 Å². The summed E-state index contributed by atoms with van der Waals surface area (Å²) in [6.45, 7) is 0. The molecule has 2 aromatic heterocycles. The Morgan fingerprint density at radius 3 is 2.52 bits per heavy atom. The summed E-state index contributed by atoms with van der Waals surface area (Å²) < 4.78 is 2.00. The molecule has 6 heteroatoms. The van der Waals surface area contributed by atoms with Crippen LogP contribution in [0.25, 0.3) is 0 Å². The molecular formula is C19H24N4OS. The van der Waals surface area contributed by atoms with Crippen LogP contribution < -0.4 is 0 Å². The van der Waals surface area contributed by atoms with Gasteiger partial charge in [0.25, 0.3) is 0 Å². The van der Waals surface area contributed by atoms with E-state index in [4.69, 9.17) is 0 Å². The van der Waals surface area contributed by atoms with Crippen molar-refractivity contribution in [2.24, 2.45) is 0 Å². The Labute approximate surface area is 152 Å². The van der Waals surface area contributed by atoms with Crippen molar-refractivity contribution in [3.05, 3.63) is 35.0 Å². The van der Waals surface area contributed by atoms with E-state index >= 15 is 0 Å². The number of aromatic nitrogens is 3. The number of nitrogens with zero attached hydrogens (tertiary/aromatic N) is 4. The molecule has 1 saturated carbocycles. The molecule has 0 aromatic carbocycles. The minimum atomic E-state index is -0.241. The molecule has 3 aliphatic rings. The van der Waals surface area contributed by atoms with E-state index in [1.807, 2.05) is 11.0 Å². The van der Waals surface area contributed by atoms with E-state index in [0.717, 1.165) is 38.5 Å². The second-order valence-electron chi connectivity index (χ2n) is 7.86. The number of piperidine rings is 1. The predicted molar refractivity (Wildman–Crippen MR) is 96.4 cm³/mol. The third-order valence-corrected chi connectivity index (χ3v) is 7.69. The average molecular weight is 356 g/mol. The van der Waals surface area contributed by atoms with Gasteiger partial charge in [-0.1, -0.05) is 18.9 Å². The normalized spacial score (nSPS) is 30.7. The first-order chi connectivity index (χ1) is 12.3. The van der Waals surface area contributed by atoms with E-state index in [-0.39, 0.29) is 5.41 Å². The largest absolute Gasteiger partial charge is 0.336 e. The van der Waals surface area contributed by atoms with Crippen LogP contribution in [0.15, 0.2) is 30.2 Å². The fourth-order valence-electron chi connectivity index (χ4n) is 5.44. The van der Waals surface area contributed by atoms with Gasteiger partial charge in [0.15, 0.2) is 0 Å². The van der Waals surface area contributed by atoms with Crippen molar-refractivity contribution < 1.29 is 4.79 Å². The summed E-state index contributed by atoms with van der Waals surface area (Å²) in [5.41, 5.74) is -0.241. The number of carbonyl (C=O) groups is 1. The molecular weight excluding hydrogens is 332 g/mol. The highest BCUT2D eigenvalue weighted by atomic mass is 32.1. The lowest BCUT2D eigenvalue weighted by molar-refractivity contribution is -0.142. The van der Waals surface area contributed by atoms with Gasteiger partial charge < -0.3 is 4.90 Å². The average Bonchev–Trinajstić information content (AvgIpc) is 3.41. The van der Waals surface area contributed by atoms with Crippen LogP contribution in [-0.2, 0) is 10.2 Å². The first-order valence-corrected chi connectivity index (χ1v) is 10.4. The Balaban J connectivity index is 1.43. The molecule has 2 unspecified atom stereocenters. The second kappa shape index (κ2) is 5.94. The maximum Gasteiger partial charge on any atom is 0.234 e. The fraction of sp³-hybridized carbons (Fsp3) is 0.632. The molecule has 2 saturated heterocycles. The van der Waals surface area contributed by atoms with Crippen molar-refractivity contribution in [1.82, 2.24) is 19.7 Å². The van der Waals surface area contributed by atoms with Crippen LogP contribution in [0.5, 0.6) is 0 Å². The Morgan fingerprint density at radius 2 is 1.92 bits per heavy atom. The zero-order valence-corrected chi connectivity index (χ0v) is 15.2. The number of rotatable bonds is 3. The monoisotopic (exact) mass is 356 g/mol. The molecule has 5 nitrogen and oxygen atoms in total. The van der Waals surface area contributed by atoms with E-state index in [1.165, 1.54) is 17.7 Å². The molecule has 2 aromatic rings. The van der Waals surface area contributed by atoms with Crippen LogP contribution in [0.4, 0.5) is 0 Å². The van der Waals surface area contributed by atoms with Gasteiger partial charge in [0.1, 0.15) is 12.7 Å². The summed E-state index contributed by atoms with van der Waals surface area (Å²) in [5.74, 6) is 0.414. The number of thiophene rings is 1. The number of fused-ring (bicyclic) bond motifs is 2. The van der Waals surface area contributed by atoms with Gasteiger partial charge in [-0.15, -0.1) is 11.3 Å². The quantitative estimate of drug-likeness (QED) is 0.845. The highest BCUT2D eigenvalue weighted by Gasteiger charge is 2.52. The van der Waals surface area contributed by atoms with Gasteiger partial charge in [0, 0.05) is 17.0 Å². The molecule has 5 rings (SSSR count). The molecule has 3 fully saturated rings. The fourth-order valence-corrected chi connectivity index (χ4v) is 6.42. The minimum Gasteiger partial charge on any atom is -0.336 e. The molecule has 4 heterocycles. The van der Waals surface area contributed by atoms with Crippen LogP contribution in [0, 0.1) is 0 Å². The number of carbonyl (C=O) groups excluding carboxylic acids is 1. The third kappa shape index (κ3) is 2.37. The Hall–Kier alpha value is -1.69.